The molecule has 2 N–H and O–H groups in total. The summed E-state index contributed by atoms with van der Waals surface area (Å²) >= 11 is 0. The molecule has 2 aromatic carbocycles. The zero-order chi connectivity index (χ0) is 19.9. The normalized spacial score (nSPS) is 13.1. The van der Waals surface area contributed by atoms with Gasteiger partial charge in [-0.1, -0.05) is 55.5 Å². The second-order valence-corrected chi connectivity index (χ2v) is 7.06. The minimum atomic E-state index is -0.705. The van der Waals surface area contributed by atoms with Crippen molar-refractivity contribution in [3.8, 4) is 0 Å². The monoisotopic (exact) mass is 378 g/mol. The lowest BCUT2D eigenvalue weighted by atomic mass is 9.96. The van der Waals surface area contributed by atoms with Gasteiger partial charge >= 0.3 is 5.97 Å². The molecule has 3 aromatic rings. The van der Waals surface area contributed by atoms with Crippen LogP contribution in [0.1, 0.15) is 36.8 Å². The molecule has 1 aromatic heterocycles. The van der Waals surface area contributed by atoms with Crippen molar-refractivity contribution in [2.24, 2.45) is 0 Å². The smallest absolute Gasteiger partial charge is 0.328 e. The van der Waals surface area contributed by atoms with E-state index in [1.807, 2.05) is 48.7 Å². The van der Waals surface area contributed by atoms with Crippen molar-refractivity contribution in [1.29, 1.82) is 0 Å². The highest BCUT2D eigenvalue weighted by molar-refractivity contribution is 5.87. The number of esters is 1. The number of H-pyrrole nitrogens is 1. The highest BCUT2D eigenvalue weighted by Gasteiger charge is 2.23. The number of fused-ring (bicyclic) bond motifs is 1. The molecule has 0 aliphatic carbocycles. The SMILES string of the molecule is COC(=O)[C@H](Cc1c[nH]c2ccccc12)NC(=O)CC[C@@H](C)c1ccccc1. The van der Waals surface area contributed by atoms with Gasteiger partial charge in [0, 0.05) is 29.9 Å². The van der Waals surface area contributed by atoms with E-state index in [1.165, 1.54) is 12.7 Å². The Labute approximate surface area is 165 Å². The number of nitrogens with one attached hydrogen (secondary N) is 2. The van der Waals surface area contributed by atoms with Gasteiger partial charge in [-0.15, -0.1) is 0 Å². The quantitative estimate of drug-likeness (QED) is 0.583. The second kappa shape index (κ2) is 9.22. The molecule has 2 atom stereocenters. The molecule has 0 aliphatic heterocycles. The second-order valence-electron chi connectivity index (χ2n) is 7.06. The van der Waals surface area contributed by atoms with Crippen LogP contribution in [0.4, 0.5) is 0 Å². The first-order chi connectivity index (χ1) is 13.6. The molecule has 5 heteroatoms. The van der Waals surface area contributed by atoms with Gasteiger partial charge in [0.2, 0.25) is 5.91 Å². The van der Waals surface area contributed by atoms with E-state index in [2.05, 4.69) is 29.4 Å². The Morgan fingerprint density at radius 1 is 1.07 bits per heavy atom. The molecule has 0 spiro atoms. The van der Waals surface area contributed by atoms with Crippen LogP contribution in [0.25, 0.3) is 10.9 Å². The number of amides is 1. The molecule has 5 nitrogen and oxygen atoms in total. The molecule has 1 amide bonds. The molecule has 3 rings (SSSR count). The molecule has 1 heterocycles. The van der Waals surface area contributed by atoms with Gasteiger partial charge in [-0.3, -0.25) is 4.79 Å². The first-order valence-corrected chi connectivity index (χ1v) is 9.55. The number of ether oxygens (including phenoxy) is 1. The van der Waals surface area contributed by atoms with Gasteiger partial charge in [-0.2, -0.15) is 0 Å². The molecule has 0 aliphatic rings. The van der Waals surface area contributed by atoms with Crippen molar-refractivity contribution in [2.45, 2.75) is 38.1 Å². The topological polar surface area (TPSA) is 71.2 Å². The molecule has 0 unspecified atom stereocenters. The predicted molar refractivity (Wildman–Crippen MR) is 110 cm³/mol. The maximum absolute atomic E-state index is 12.5. The summed E-state index contributed by atoms with van der Waals surface area (Å²) < 4.78 is 4.91. The fourth-order valence-corrected chi connectivity index (χ4v) is 3.42. The number of aromatic nitrogens is 1. The van der Waals surface area contributed by atoms with Crippen molar-refractivity contribution in [2.75, 3.05) is 7.11 Å². The Morgan fingerprint density at radius 2 is 1.79 bits per heavy atom. The zero-order valence-electron chi connectivity index (χ0n) is 16.3. The Bertz CT molecular complexity index is 933. The Kier molecular flexibility index (Phi) is 6.48. The third-order valence-electron chi connectivity index (χ3n) is 5.09. The van der Waals surface area contributed by atoms with Crippen LogP contribution in [-0.2, 0) is 20.7 Å². The third kappa shape index (κ3) is 4.80. The Balaban J connectivity index is 1.62. The van der Waals surface area contributed by atoms with Crippen LogP contribution in [-0.4, -0.2) is 30.0 Å². The van der Waals surface area contributed by atoms with E-state index in [0.29, 0.717) is 12.8 Å². The first-order valence-electron chi connectivity index (χ1n) is 9.55. The zero-order valence-corrected chi connectivity index (χ0v) is 16.3. The number of carbonyl (C=O) groups is 2. The third-order valence-corrected chi connectivity index (χ3v) is 5.09. The van der Waals surface area contributed by atoms with Crippen LogP contribution >= 0.6 is 0 Å². The number of benzene rings is 2. The molecule has 0 bridgehead atoms. The van der Waals surface area contributed by atoms with Crippen molar-refractivity contribution in [1.82, 2.24) is 10.3 Å². The van der Waals surface area contributed by atoms with Crippen molar-refractivity contribution in [3.05, 3.63) is 71.9 Å². The highest BCUT2D eigenvalue weighted by Crippen LogP contribution is 2.21. The summed E-state index contributed by atoms with van der Waals surface area (Å²) in [5.41, 5.74) is 3.19. The molecule has 146 valence electrons. The van der Waals surface area contributed by atoms with Crippen molar-refractivity contribution in [3.63, 3.8) is 0 Å². The minimum Gasteiger partial charge on any atom is -0.467 e. The lowest BCUT2D eigenvalue weighted by molar-refractivity contribution is -0.145. The largest absolute Gasteiger partial charge is 0.467 e. The van der Waals surface area contributed by atoms with Gasteiger partial charge in [0.25, 0.3) is 0 Å². The van der Waals surface area contributed by atoms with E-state index in [1.54, 1.807) is 0 Å². The number of aromatic amines is 1. The van der Waals surface area contributed by atoms with Crippen molar-refractivity contribution < 1.29 is 14.3 Å². The number of rotatable bonds is 8. The number of hydrogen-bond donors (Lipinski definition) is 2. The summed E-state index contributed by atoms with van der Waals surface area (Å²) in [5, 5.41) is 3.89. The molecular weight excluding hydrogens is 352 g/mol. The lowest BCUT2D eigenvalue weighted by Gasteiger charge is -2.17. The average Bonchev–Trinajstić information content (AvgIpc) is 3.14. The van der Waals surface area contributed by atoms with E-state index >= 15 is 0 Å². The minimum absolute atomic E-state index is 0.141. The lowest BCUT2D eigenvalue weighted by Crippen LogP contribution is -2.43. The van der Waals surface area contributed by atoms with Gasteiger partial charge in [-0.25, -0.2) is 4.79 Å². The molecular formula is C23H26N2O3. The highest BCUT2D eigenvalue weighted by atomic mass is 16.5. The molecule has 0 saturated heterocycles. The Morgan fingerprint density at radius 3 is 2.54 bits per heavy atom. The maximum Gasteiger partial charge on any atom is 0.328 e. The molecule has 0 fully saturated rings. The van der Waals surface area contributed by atoms with Gasteiger partial charge in [0.1, 0.15) is 6.04 Å². The van der Waals surface area contributed by atoms with Crippen LogP contribution < -0.4 is 5.32 Å². The molecule has 28 heavy (non-hydrogen) atoms. The van der Waals surface area contributed by atoms with Crippen LogP contribution in [0.5, 0.6) is 0 Å². The molecule has 0 saturated carbocycles. The van der Waals surface area contributed by atoms with Gasteiger partial charge in [0.15, 0.2) is 0 Å². The van der Waals surface area contributed by atoms with E-state index in [4.69, 9.17) is 4.74 Å². The van der Waals surface area contributed by atoms with Gasteiger partial charge in [-0.05, 0) is 29.5 Å². The van der Waals surface area contributed by atoms with Crippen LogP contribution in [0.2, 0.25) is 0 Å². The van der Waals surface area contributed by atoms with Crippen LogP contribution in [0.15, 0.2) is 60.8 Å². The predicted octanol–water partition coefficient (Wildman–Crippen LogP) is 3.95. The van der Waals surface area contributed by atoms with Crippen molar-refractivity contribution >= 4 is 22.8 Å². The molecule has 0 radical (unpaired) electrons. The van der Waals surface area contributed by atoms with Crippen LogP contribution in [0, 0.1) is 0 Å². The van der Waals surface area contributed by atoms with E-state index in [-0.39, 0.29) is 11.8 Å². The average molecular weight is 378 g/mol. The van der Waals surface area contributed by atoms with Crippen LogP contribution in [0.3, 0.4) is 0 Å². The number of methoxy groups -OCH3 is 1. The van der Waals surface area contributed by atoms with E-state index in [9.17, 15) is 9.59 Å². The van der Waals surface area contributed by atoms with E-state index in [0.717, 1.165) is 22.9 Å². The number of para-hydroxylation sites is 1. The van der Waals surface area contributed by atoms with Gasteiger partial charge in [0.05, 0.1) is 7.11 Å². The summed E-state index contributed by atoms with van der Waals surface area (Å²) in [5.74, 6) is -0.301. The van der Waals surface area contributed by atoms with Gasteiger partial charge < -0.3 is 15.0 Å². The number of carbonyl (C=O) groups excluding carboxylic acids is 2. The standard InChI is InChI=1S/C23H26N2O3/c1-16(17-8-4-3-5-9-17)12-13-22(26)25-21(23(27)28-2)14-18-15-24-20-11-7-6-10-19(18)20/h3-11,15-16,21,24H,12-14H2,1-2H3,(H,25,26)/t16-,21+/m1/s1. The fraction of sp³-hybridized carbons (Fsp3) is 0.304. The summed E-state index contributed by atoms with van der Waals surface area (Å²) in [6.07, 6.45) is 3.34. The maximum atomic E-state index is 12.5. The summed E-state index contributed by atoms with van der Waals surface area (Å²) in [6.45, 7) is 2.10. The summed E-state index contributed by atoms with van der Waals surface area (Å²) in [6, 6.07) is 17.3. The summed E-state index contributed by atoms with van der Waals surface area (Å²) in [7, 11) is 1.34. The summed E-state index contributed by atoms with van der Waals surface area (Å²) in [4.78, 5) is 27.9. The first kappa shape index (κ1) is 19.7. The number of hydrogen-bond acceptors (Lipinski definition) is 3. The van der Waals surface area contributed by atoms with E-state index < -0.39 is 12.0 Å². The fourth-order valence-electron chi connectivity index (χ4n) is 3.42. The Hall–Kier alpha value is -3.08.